The summed E-state index contributed by atoms with van der Waals surface area (Å²) in [6.45, 7) is 5.28. The molecule has 3 N–H and O–H groups in total. The van der Waals surface area contributed by atoms with Gasteiger partial charge in [-0.25, -0.2) is 0 Å². The van der Waals surface area contributed by atoms with Crippen molar-refractivity contribution in [2.75, 3.05) is 13.1 Å². The molecule has 1 fully saturated rings. The van der Waals surface area contributed by atoms with Gasteiger partial charge in [0.2, 0.25) is 0 Å². The fourth-order valence-electron chi connectivity index (χ4n) is 2.37. The van der Waals surface area contributed by atoms with Crippen molar-refractivity contribution in [3.05, 3.63) is 29.6 Å². The highest BCUT2D eigenvalue weighted by molar-refractivity contribution is 5.95. The van der Waals surface area contributed by atoms with E-state index in [1.165, 1.54) is 19.3 Å². The SMILES string of the molecule is CCN(Cc1ccnc(/C(N)=N/O)c1)CC1CCC1. The molecule has 0 unspecified atom stereocenters. The van der Waals surface area contributed by atoms with Crippen molar-refractivity contribution in [1.82, 2.24) is 9.88 Å². The highest BCUT2D eigenvalue weighted by atomic mass is 16.4. The van der Waals surface area contributed by atoms with E-state index in [1.54, 1.807) is 6.20 Å². The molecule has 5 heteroatoms. The minimum absolute atomic E-state index is 0.0592. The van der Waals surface area contributed by atoms with Crippen LogP contribution in [0.4, 0.5) is 0 Å². The average Bonchev–Trinajstić information content (AvgIpc) is 2.40. The second-order valence-corrected chi connectivity index (χ2v) is 5.16. The molecule has 1 aliphatic rings. The quantitative estimate of drug-likeness (QED) is 0.355. The lowest BCUT2D eigenvalue weighted by Gasteiger charge is -2.31. The van der Waals surface area contributed by atoms with Crippen molar-refractivity contribution in [3.63, 3.8) is 0 Å². The third-order valence-electron chi connectivity index (χ3n) is 3.79. The lowest BCUT2D eigenvalue weighted by atomic mass is 9.85. The standard InChI is InChI=1S/C14H22N4O/c1-2-18(9-11-4-3-5-11)10-12-6-7-16-13(8-12)14(15)17-19/h6-8,11,19H,2-5,9-10H2,1H3,(H2,15,17). The maximum absolute atomic E-state index is 8.68. The molecule has 1 aromatic rings. The van der Waals surface area contributed by atoms with Crippen LogP contribution in [0.5, 0.6) is 0 Å². The van der Waals surface area contributed by atoms with Gasteiger partial charge >= 0.3 is 0 Å². The van der Waals surface area contributed by atoms with Gasteiger partial charge in [-0.15, -0.1) is 0 Å². The minimum Gasteiger partial charge on any atom is -0.409 e. The Bertz CT molecular complexity index is 443. The van der Waals surface area contributed by atoms with E-state index in [9.17, 15) is 0 Å². The molecular weight excluding hydrogens is 240 g/mol. The number of hydrogen-bond acceptors (Lipinski definition) is 4. The zero-order valence-electron chi connectivity index (χ0n) is 11.4. The van der Waals surface area contributed by atoms with Gasteiger partial charge in [0.15, 0.2) is 5.84 Å². The molecule has 0 aromatic carbocycles. The second-order valence-electron chi connectivity index (χ2n) is 5.16. The first kappa shape index (κ1) is 13.8. The molecular formula is C14H22N4O. The molecule has 19 heavy (non-hydrogen) atoms. The molecule has 2 rings (SSSR count). The summed E-state index contributed by atoms with van der Waals surface area (Å²) in [7, 11) is 0. The monoisotopic (exact) mass is 262 g/mol. The van der Waals surface area contributed by atoms with Gasteiger partial charge in [-0.3, -0.25) is 9.88 Å². The van der Waals surface area contributed by atoms with Crippen molar-refractivity contribution < 1.29 is 5.21 Å². The zero-order chi connectivity index (χ0) is 13.7. The van der Waals surface area contributed by atoms with Gasteiger partial charge in [0, 0.05) is 19.3 Å². The van der Waals surface area contributed by atoms with Gasteiger partial charge in [0.1, 0.15) is 5.69 Å². The number of nitrogens with two attached hydrogens (primary N) is 1. The van der Waals surface area contributed by atoms with Gasteiger partial charge in [-0.2, -0.15) is 0 Å². The number of amidine groups is 1. The van der Waals surface area contributed by atoms with E-state index < -0.39 is 0 Å². The maximum Gasteiger partial charge on any atom is 0.188 e. The van der Waals surface area contributed by atoms with Crippen LogP contribution >= 0.6 is 0 Å². The Kier molecular flexibility index (Phi) is 4.74. The van der Waals surface area contributed by atoms with Crippen LogP contribution in [0.25, 0.3) is 0 Å². The Morgan fingerprint density at radius 3 is 2.95 bits per heavy atom. The first-order valence-corrected chi connectivity index (χ1v) is 6.88. The lowest BCUT2D eigenvalue weighted by Crippen LogP contribution is -2.32. The molecule has 0 radical (unpaired) electrons. The molecule has 1 aromatic heterocycles. The lowest BCUT2D eigenvalue weighted by molar-refractivity contribution is 0.178. The Morgan fingerprint density at radius 1 is 1.58 bits per heavy atom. The first-order chi connectivity index (χ1) is 9.22. The molecule has 0 spiro atoms. The highest BCUT2D eigenvalue weighted by Crippen LogP contribution is 2.27. The molecule has 0 atom stereocenters. The number of aromatic nitrogens is 1. The normalized spacial score (nSPS) is 16.6. The van der Waals surface area contributed by atoms with Crippen molar-refractivity contribution in [2.45, 2.75) is 32.7 Å². The number of pyridine rings is 1. The summed E-state index contributed by atoms with van der Waals surface area (Å²) in [6, 6.07) is 3.87. The second kappa shape index (κ2) is 6.52. The molecule has 1 saturated carbocycles. The van der Waals surface area contributed by atoms with E-state index in [1.807, 2.05) is 12.1 Å². The van der Waals surface area contributed by atoms with Crippen LogP contribution in [0.1, 0.15) is 37.4 Å². The fourth-order valence-corrected chi connectivity index (χ4v) is 2.37. The Morgan fingerprint density at radius 2 is 2.37 bits per heavy atom. The summed E-state index contributed by atoms with van der Waals surface area (Å²) < 4.78 is 0. The Hall–Kier alpha value is -1.62. The van der Waals surface area contributed by atoms with Gasteiger partial charge in [-0.05, 0) is 43.0 Å². The van der Waals surface area contributed by atoms with Crippen LogP contribution in [-0.2, 0) is 6.54 Å². The van der Waals surface area contributed by atoms with Gasteiger partial charge in [0.25, 0.3) is 0 Å². The first-order valence-electron chi connectivity index (χ1n) is 6.88. The molecule has 0 saturated heterocycles. The van der Waals surface area contributed by atoms with E-state index in [0.29, 0.717) is 5.69 Å². The number of oxime groups is 1. The molecule has 0 amide bonds. The summed E-state index contributed by atoms with van der Waals surface area (Å²) in [5.74, 6) is 0.925. The molecule has 1 aliphatic carbocycles. The molecule has 0 bridgehead atoms. The maximum atomic E-state index is 8.68. The van der Waals surface area contributed by atoms with Crippen molar-refractivity contribution in [2.24, 2.45) is 16.8 Å². The van der Waals surface area contributed by atoms with Crippen LogP contribution in [0.3, 0.4) is 0 Å². The van der Waals surface area contributed by atoms with Crippen LogP contribution in [0.2, 0.25) is 0 Å². The van der Waals surface area contributed by atoms with Gasteiger partial charge in [0.05, 0.1) is 0 Å². The number of hydrogen-bond donors (Lipinski definition) is 2. The summed E-state index contributed by atoms with van der Waals surface area (Å²) in [4.78, 5) is 6.54. The summed E-state index contributed by atoms with van der Waals surface area (Å²) in [6.07, 6.45) is 5.81. The Balaban J connectivity index is 2.00. The van der Waals surface area contributed by atoms with E-state index in [4.69, 9.17) is 10.9 Å². The van der Waals surface area contributed by atoms with Crippen LogP contribution in [-0.4, -0.2) is 34.0 Å². The van der Waals surface area contributed by atoms with Crippen molar-refractivity contribution >= 4 is 5.84 Å². The minimum atomic E-state index is 0.0592. The summed E-state index contributed by atoms with van der Waals surface area (Å²) >= 11 is 0. The zero-order valence-corrected chi connectivity index (χ0v) is 11.4. The predicted octanol–water partition coefficient (Wildman–Crippen LogP) is 1.80. The van der Waals surface area contributed by atoms with E-state index >= 15 is 0 Å². The molecule has 104 valence electrons. The highest BCUT2D eigenvalue weighted by Gasteiger charge is 2.20. The average molecular weight is 262 g/mol. The third kappa shape index (κ3) is 3.67. The molecule has 5 nitrogen and oxygen atoms in total. The third-order valence-corrected chi connectivity index (χ3v) is 3.79. The van der Waals surface area contributed by atoms with Crippen LogP contribution in [0, 0.1) is 5.92 Å². The smallest absolute Gasteiger partial charge is 0.188 e. The van der Waals surface area contributed by atoms with Crippen molar-refractivity contribution in [1.29, 1.82) is 0 Å². The van der Waals surface area contributed by atoms with Gasteiger partial charge < -0.3 is 10.9 Å². The van der Waals surface area contributed by atoms with E-state index in [2.05, 4.69) is 22.0 Å². The topological polar surface area (TPSA) is 74.7 Å². The van der Waals surface area contributed by atoms with E-state index in [-0.39, 0.29) is 5.84 Å². The number of rotatable bonds is 6. The van der Waals surface area contributed by atoms with E-state index in [0.717, 1.165) is 31.1 Å². The summed E-state index contributed by atoms with van der Waals surface area (Å²) in [5, 5.41) is 11.7. The van der Waals surface area contributed by atoms with Gasteiger partial charge in [-0.1, -0.05) is 18.5 Å². The van der Waals surface area contributed by atoms with Crippen LogP contribution in [0.15, 0.2) is 23.5 Å². The Labute approximate surface area is 114 Å². The molecule has 0 aliphatic heterocycles. The largest absolute Gasteiger partial charge is 0.409 e. The predicted molar refractivity (Wildman–Crippen MR) is 75.0 cm³/mol. The van der Waals surface area contributed by atoms with Crippen molar-refractivity contribution in [3.8, 4) is 0 Å². The fraction of sp³-hybridized carbons (Fsp3) is 0.571. The number of nitrogens with zero attached hydrogens (tertiary/aromatic N) is 3. The summed E-state index contributed by atoms with van der Waals surface area (Å²) in [5.41, 5.74) is 7.24. The van der Waals surface area contributed by atoms with Crippen LogP contribution < -0.4 is 5.73 Å². The molecule has 1 heterocycles.